The first-order valence-corrected chi connectivity index (χ1v) is 12.9. The SMILES string of the molecule is Cl.NC(CNC(=O)c1nc(Cn2nc(-c3ccc(Cl)cc3)n(CC(O)C(F)(F)F)c2=O)nn1-c1ncccc1C(F)(F)F)C(F)(F)F. The van der Waals surface area contributed by atoms with Crippen LogP contribution in [-0.2, 0) is 19.3 Å². The van der Waals surface area contributed by atoms with E-state index in [2.05, 4.69) is 20.2 Å². The van der Waals surface area contributed by atoms with Gasteiger partial charge < -0.3 is 16.2 Å². The molecule has 256 valence electrons. The Bertz CT molecular complexity index is 1770. The maximum Gasteiger partial charge on any atom is 0.420 e. The Labute approximate surface area is 267 Å². The second-order valence-electron chi connectivity index (χ2n) is 9.43. The average Bonchev–Trinajstić information content (AvgIpc) is 3.52. The zero-order valence-corrected chi connectivity index (χ0v) is 24.5. The number of aromatic nitrogens is 7. The Kier molecular flexibility index (Phi) is 11.0. The van der Waals surface area contributed by atoms with Crippen LogP contribution in [0.2, 0.25) is 5.02 Å². The number of hydrogen-bond donors (Lipinski definition) is 3. The summed E-state index contributed by atoms with van der Waals surface area (Å²) < 4.78 is 121. The molecule has 4 N–H and O–H groups in total. The zero-order chi connectivity index (χ0) is 34.2. The maximum atomic E-state index is 13.8. The first-order valence-electron chi connectivity index (χ1n) is 12.5. The first kappa shape index (κ1) is 37.2. The number of pyridine rings is 1. The predicted octanol–water partition coefficient (Wildman–Crippen LogP) is 3.37. The van der Waals surface area contributed by atoms with E-state index in [9.17, 15) is 54.2 Å². The summed E-state index contributed by atoms with van der Waals surface area (Å²) in [7, 11) is 0. The number of carbonyl (C=O) groups is 1. The third-order valence-corrected chi connectivity index (χ3v) is 6.35. The van der Waals surface area contributed by atoms with E-state index in [-0.39, 0.29) is 27.7 Å². The number of carbonyl (C=O) groups excluding carboxylic acids is 1. The van der Waals surface area contributed by atoms with Crippen molar-refractivity contribution in [3.05, 3.63) is 75.3 Å². The fourth-order valence-electron chi connectivity index (χ4n) is 3.83. The fourth-order valence-corrected chi connectivity index (χ4v) is 3.96. The van der Waals surface area contributed by atoms with Crippen molar-refractivity contribution in [1.29, 1.82) is 0 Å². The lowest BCUT2D eigenvalue weighted by Crippen LogP contribution is -2.47. The van der Waals surface area contributed by atoms with Gasteiger partial charge in [0.2, 0.25) is 5.82 Å². The zero-order valence-electron chi connectivity index (χ0n) is 23.0. The number of rotatable bonds is 9. The van der Waals surface area contributed by atoms with Crippen LogP contribution in [0.25, 0.3) is 17.2 Å². The largest absolute Gasteiger partial charge is 0.420 e. The van der Waals surface area contributed by atoms with Gasteiger partial charge in [0.05, 0.1) is 6.54 Å². The molecule has 0 aliphatic carbocycles. The summed E-state index contributed by atoms with van der Waals surface area (Å²) in [4.78, 5) is 33.4. The van der Waals surface area contributed by atoms with Crippen LogP contribution in [0.3, 0.4) is 0 Å². The molecule has 0 saturated carbocycles. The van der Waals surface area contributed by atoms with Crippen molar-refractivity contribution in [2.24, 2.45) is 5.73 Å². The van der Waals surface area contributed by atoms with Gasteiger partial charge in [-0.3, -0.25) is 9.36 Å². The highest BCUT2D eigenvalue weighted by atomic mass is 35.5. The Balaban J connectivity index is 0.00000600. The number of hydrogen-bond acceptors (Lipinski definition) is 8. The van der Waals surface area contributed by atoms with E-state index >= 15 is 0 Å². The molecule has 0 aliphatic rings. The number of amides is 1. The third kappa shape index (κ3) is 8.58. The van der Waals surface area contributed by atoms with Crippen LogP contribution in [0, 0.1) is 0 Å². The summed E-state index contributed by atoms with van der Waals surface area (Å²) >= 11 is 5.85. The molecule has 12 nitrogen and oxygen atoms in total. The summed E-state index contributed by atoms with van der Waals surface area (Å²) in [5.41, 5.74) is 2.35. The Morgan fingerprint density at radius 2 is 1.64 bits per heavy atom. The number of aliphatic hydroxyl groups is 1. The van der Waals surface area contributed by atoms with Gasteiger partial charge in [-0.05, 0) is 36.4 Å². The molecule has 0 spiro atoms. The van der Waals surface area contributed by atoms with Crippen LogP contribution in [0.15, 0.2) is 47.4 Å². The van der Waals surface area contributed by atoms with E-state index in [1.807, 2.05) is 0 Å². The standard InChI is InChI=1S/C24H19ClF9N9O3.ClH/c25-12-5-3-11(4-6-12)17-40-42(21(46)41(17)9-15(44)24(32,33)34)10-16-38-19(20(45)37-8-14(35)23(29,30)31)43(39-16)18-13(22(26,27)28)2-1-7-36-18;/h1-7,14-15,44H,8-10,35H2,(H,37,45);1H. The van der Waals surface area contributed by atoms with E-state index in [4.69, 9.17) is 17.3 Å². The quantitative estimate of drug-likeness (QED) is 0.222. The number of nitrogens with zero attached hydrogens (tertiary/aromatic N) is 7. The average molecular weight is 724 g/mol. The van der Waals surface area contributed by atoms with Crippen molar-refractivity contribution in [3.8, 4) is 17.2 Å². The molecule has 23 heteroatoms. The van der Waals surface area contributed by atoms with E-state index in [0.29, 0.717) is 15.3 Å². The van der Waals surface area contributed by atoms with Crippen molar-refractivity contribution in [1.82, 2.24) is 39.4 Å². The minimum atomic E-state index is -5.14. The van der Waals surface area contributed by atoms with Gasteiger partial charge in [0.1, 0.15) is 18.2 Å². The normalized spacial score (nSPS) is 13.6. The van der Waals surface area contributed by atoms with Crippen LogP contribution < -0.4 is 16.7 Å². The third-order valence-electron chi connectivity index (χ3n) is 6.10. The molecule has 1 amide bonds. The van der Waals surface area contributed by atoms with E-state index in [0.717, 1.165) is 12.3 Å². The molecule has 0 bridgehead atoms. The van der Waals surface area contributed by atoms with Crippen molar-refractivity contribution in [2.45, 2.75) is 43.8 Å². The molecule has 0 fully saturated rings. The number of benzene rings is 1. The molecule has 1 aromatic carbocycles. The number of aliphatic hydroxyl groups excluding tert-OH is 1. The predicted molar refractivity (Wildman–Crippen MR) is 146 cm³/mol. The van der Waals surface area contributed by atoms with Gasteiger partial charge in [-0.1, -0.05) is 11.6 Å². The van der Waals surface area contributed by atoms with E-state index < -0.39 is 90.8 Å². The number of halogens is 11. The number of nitrogens with one attached hydrogen (secondary N) is 1. The van der Waals surface area contributed by atoms with Crippen LogP contribution in [0.1, 0.15) is 22.0 Å². The molecule has 0 radical (unpaired) electrons. The topological polar surface area (TPSA) is 159 Å². The molecular weight excluding hydrogens is 704 g/mol. The summed E-state index contributed by atoms with van der Waals surface area (Å²) in [6, 6.07) is 4.17. The highest BCUT2D eigenvalue weighted by Gasteiger charge is 2.40. The van der Waals surface area contributed by atoms with Gasteiger partial charge in [-0.25, -0.2) is 19.4 Å². The number of alkyl halides is 9. The Hall–Kier alpha value is -4.21. The molecule has 2 atom stereocenters. The molecule has 47 heavy (non-hydrogen) atoms. The van der Waals surface area contributed by atoms with Crippen LogP contribution >= 0.6 is 24.0 Å². The van der Waals surface area contributed by atoms with Crippen LogP contribution in [0.5, 0.6) is 0 Å². The Morgan fingerprint density at radius 1 is 1.00 bits per heavy atom. The summed E-state index contributed by atoms with van der Waals surface area (Å²) in [5, 5.41) is 19.4. The maximum absolute atomic E-state index is 13.8. The second kappa shape index (κ2) is 13.9. The van der Waals surface area contributed by atoms with Crippen molar-refractivity contribution >= 4 is 29.9 Å². The van der Waals surface area contributed by atoms with Crippen molar-refractivity contribution < 1.29 is 49.4 Å². The lowest BCUT2D eigenvalue weighted by atomic mass is 10.2. The lowest BCUT2D eigenvalue weighted by Gasteiger charge is -2.16. The highest BCUT2D eigenvalue weighted by Crippen LogP contribution is 2.33. The summed E-state index contributed by atoms with van der Waals surface area (Å²) in [5.74, 6) is -4.52. The van der Waals surface area contributed by atoms with Gasteiger partial charge in [0, 0.05) is 23.3 Å². The van der Waals surface area contributed by atoms with Gasteiger partial charge in [0.25, 0.3) is 5.91 Å². The van der Waals surface area contributed by atoms with Gasteiger partial charge in [0.15, 0.2) is 23.6 Å². The lowest BCUT2D eigenvalue weighted by molar-refractivity contribution is -0.207. The van der Waals surface area contributed by atoms with E-state index in [1.165, 1.54) is 24.3 Å². The molecule has 2 unspecified atom stereocenters. The highest BCUT2D eigenvalue weighted by molar-refractivity contribution is 6.30. The van der Waals surface area contributed by atoms with Gasteiger partial charge in [-0.2, -0.15) is 44.2 Å². The molecule has 3 aromatic heterocycles. The molecule has 0 aliphatic heterocycles. The minimum Gasteiger partial charge on any atom is -0.382 e. The molecular formula is C24H20Cl2F9N9O3. The second-order valence-corrected chi connectivity index (χ2v) is 9.87. The van der Waals surface area contributed by atoms with Crippen LogP contribution in [0.4, 0.5) is 39.5 Å². The first-order chi connectivity index (χ1) is 21.3. The molecule has 4 aromatic rings. The smallest absolute Gasteiger partial charge is 0.382 e. The van der Waals surface area contributed by atoms with Gasteiger partial charge in [-0.15, -0.1) is 22.6 Å². The fraction of sp³-hybridized carbons (Fsp3) is 0.333. The van der Waals surface area contributed by atoms with Crippen LogP contribution in [-0.4, -0.2) is 76.2 Å². The molecule has 4 rings (SSSR count). The Morgan fingerprint density at radius 3 is 2.21 bits per heavy atom. The van der Waals surface area contributed by atoms with Crippen molar-refractivity contribution in [2.75, 3.05) is 6.54 Å². The number of nitrogens with two attached hydrogens (primary N) is 1. The van der Waals surface area contributed by atoms with E-state index in [1.54, 1.807) is 5.32 Å². The summed E-state index contributed by atoms with van der Waals surface area (Å²) in [6.07, 6.45) is -17.3. The van der Waals surface area contributed by atoms with Gasteiger partial charge >= 0.3 is 24.2 Å². The van der Waals surface area contributed by atoms with Crippen molar-refractivity contribution in [3.63, 3.8) is 0 Å². The molecule has 3 heterocycles. The molecule has 0 saturated heterocycles. The minimum absolute atomic E-state index is 0. The summed E-state index contributed by atoms with van der Waals surface area (Å²) in [6.45, 7) is -3.41. The monoisotopic (exact) mass is 723 g/mol.